The molecular weight excluding hydrogens is 292 g/mol. The average molecular weight is 316 g/mol. The summed E-state index contributed by atoms with van der Waals surface area (Å²) in [7, 11) is 0. The van der Waals surface area contributed by atoms with E-state index in [1.165, 1.54) is 6.92 Å². The number of nitrogens with one attached hydrogen (secondary N) is 1. The van der Waals surface area contributed by atoms with E-state index in [9.17, 15) is 4.79 Å². The van der Waals surface area contributed by atoms with Crippen molar-refractivity contribution in [3.63, 3.8) is 0 Å². The minimum absolute atomic E-state index is 0.00443. The Hall–Kier alpha value is -2.30. The minimum atomic E-state index is -0.498. The summed E-state index contributed by atoms with van der Waals surface area (Å²) < 4.78 is 11.9. The first kappa shape index (κ1) is 17.1. The van der Waals surface area contributed by atoms with Crippen LogP contribution in [-0.2, 0) is 4.74 Å². The molecule has 0 radical (unpaired) electrons. The minimum Gasteiger partial charge on any atom is -0.490 e. The van der Waals surface area contributed by atoms with Crippen LogP contribution in [0.25, 0.3) is 0 Å². The van der Waals surface area contributed by atoms with Crippen molar-refractivity contribution in [1.29, 1.82) is 0 Å². The van der Waals surface area contributed by atoms with Crippen molar-refractivity contribution < 1.29 is 14.3 Å². The van der Waals surface area contributed by atoms with Crippen LogP contribution in [0.2, 0.25) is 0 Å². The van der Waals surface area contributed by atoms with Gasteiger partial charge in [0, 0.05) is 5.56 Å². The van der Waals surface area contributed by atoms with Gasteiger partial charge < -0.3 is 14.8 Å². The highest BCUT2D eigenvalue weighted by molar-refractivity contribution is 5.94. The number of ketones is 1. The highest BCUT2D eigenvalue weighted by atomic mass is 16.5. The van der Waals surface area contributed by atoms with Crippen LogP contribution in [0.1, 0.15) is 50.0 Å². The number of rotatable bonds is 6. The van der Waals surface area contributed by atoms with Crippen molar-refractivity contribution in [3.8, 4) is 5.75 Å². The number of aliphatic imine (C=N–C) groups is 1. The summed E-state index contributed by atoms with van der Waals surface area (Å²) >= 11 is 0. The van der Waals surface area contributed by atoms with Crippen LogP contribution in [0.4, 0.5) is 0 Å². The number of hydrogen-bond donors (Lipinski definition) is 1. The van der Waals surface area contributed by atoms with E-state index in [0.29, 0.717) is 29.6 Å². The molecule has 1 heterocycles. The van der Waals surface area contributed by atoms with Gasteiger partial charge in [-0.2, -0.15) is 0 Å². The Morgan fingerprint density at radius 2 is 2.09 bits per heavy atom. The maximum absolute atomic E-state index is 11.6. The molecule has 0 aliphatic carbocycles. The van der Waals surface area contributed by atoms with Crippen molar-refractivity contribution >= 4 is 12.1 Å². The fraction of sp³-hybridized carbons (Fsp3) is 0.444. The first-order valence-electron chi connectivity index (χ1n) is 7.82. The smallest absolute Gasteiger partial charge is 0.239 e. The van der Waals surface area contributed by atoms with E-state index in [1.54, 1.807) is 18.5 Å². The molecule has 0 atom stereocenters. The van der Waals surface area contributed by atoms with Gasteiger partial charge in [-0.15, -0.1) is 0 Å². The molecule has 1 aliphatic rings. The molecule has 0 amide bonds. The molecule has 1 N–H and O–H groups in total. The number of carbonyl (C=O) groups excluding carboxylic acids is 1. The monoisotopic (exact) mass is 316 g/mol. The number of aryl methyl sites for hydroxylation is 1. The van der Waals surface area contributed by atoms with Gasteiger partial charge >= 0.3 is 0 Å². The van der Waals surface area contributed by atoms with Crippen molar-refractivity contribution in [2.75, 3.05) is 6.61 Å². The third-order valence-electron chi connectivity index (χ3n) is 3.60. The second-order valence-electron chi connectivity index (χ2n) is 6.11. The van der Waals surface area contributed by atoms with E-state index in [2.05, 4.69) is 10.3 Å². The zero-order valence-electron chi connectivity index (χ0n) is 14.4. The fourth-order valence-electron chi connectivity index (χ4n) is 2.22. The molecule has 1 aliphatic heterocycles. The van der Waals surface area contributed by atoms with E-state index in [1.807, 2.05) is 33.8 Å². The van der Waals surface area contributed by atoms with Gasteiger partial charge in [0.15, 0.2) is 11.5 Å². The Labute approximate surface area is 137 Å². The SMILES string of the molecule is CCCOC1=C(Oc2cc(C(C)=O)ccc2C)NC=NC1(C)C. The summed E-state index contributed by atoms with van der Waals surface area (Å²) in [5.41, 5.74) is 1.06. The first-order valence-corrected chi connectivity index (χ1v) is 7.82. The molecule has 0 saturated heterocycles. The molecule has 0 aromatic heterocycles. The summed E-state index contributed by atoms with van der Waals surface area (Å²) in [6.07, 6.45) is 2.51. The Morgan fingerprint density at radius 1 is 1.35 bits per heavy atom. The number of hydrogen-bond acceptors (Lipinski definition) is 5. The Balaban J connectivity index is 2.37. The third kappa shape index (κ3) is 3.92. The van der Waals surface area contributed by atoms with Gasteiger partial charge in [-0.05, 0) is 45.7 Å². The van der Waals surface area contributed by atoms with Crippen LogP contribution < -0.4 is 10.1 Å². The van der Waals surface area contributed by atoms with Gasteiger partial charge in [0.05, 0.1) is 12.9 Å². The van der Waals surface area contributed by atoms with Gasteiger partial charge in [-0.3, -0.25) is 9.79 Å². The van der Waals surface area contributed by atoms with Crippen molar-refractivity contribution in [3.05, 3.63) is 41.0 Å². The predicted octanol–water partition coefficient (Wildman–Crippen LogP) is 3.58. The summed E-state index contributed by atoms with van der Waals surface area (Å²) in [6, 6.07) is 5.43. The van der Waals surface area contributed by atoms with Gasteiger partial charge in [0.1, 0.15) is 11.3 Å². The Kier molecular flexibility index (Phi) is 5.08. The molecule has 23 heavy (non-hydrogen) atoms. The fourth-order valence-corrected chi connectivity index (χ4v) is 2.22. The van der Waals surface area contributed by atoms with Gasteiger partial charge in [-0.1, -0.05) is 19.1 Å². The third-order valence-corrected chi connectivity index (χ3v) is 3.60. The quantitative estimate of drug-likeness (QED) is 0.815. The summed E-state index contributed by atoms with van der Waals surface area (Å²) in [5.74, 6) is 1.81. The lowest BCUT2D eigenvalue weighted by atomic mass is 10.0. The molecule has 0 unspecified atom stereocenters. The molecule has 0 spiro atoms. The topological polar surface area (TPSA) is 59.9 Å². The lowest BCUT2D eigenvalue weighted by Crippen LogP contribution is -2.35. The van der Waals surface area contributed by atoms with E-state index in [-0.39, 0.29) is 5.78 Å². The van der Waals surface area contributed by atoms with Gasteiger partial charge in [0.2, 0.25) is 5.88 Å². The van der Waals surface area contributed by atoms with E-state index in [4.69, 9.17) is 9.47 Å². The number of ether oxygens (including phenoxy) is 2. The molecule has 0 fully saturated rings. The zero-order valence-corrected chi connectivity index (χ0v) is 14.4. The number of benzene rings is 1. The van der Waals surface area contributed by atoms with Crippen LogP contribution in [0.5, 0.6) is 5.75 Å². The predicted molar refractivity (Wildman–Crippen MR) is 90.8 cm³/mol. The molecule has 0 saturated carbocycles. The van der Waals surface area contributed by atoms with Gasteiger partial charge in [-0.25, -0.2) is 0 Å². The standard InChI is InChI=1S/C18H24N2O3/c1-6-9-22-16-17(19-11-20-18(16,4)5)23-15-10-14(13(3)21)8-7-12(15)2/h7-8,10-11H,6,9H2,1-5H3,(H,19,20). The highest BCUT2D eigenvalue weighted by Crippen LogP contribution is 2.29. The van der Waals surface area contributed by atoms with E-state index < -0.39 is 5.54 Å². The normalized spacial score (nSPS) is 16.0. The van der Waals surface area contributed by atoms with Crippen LogP contribution in [0.15, 0.2) is 34.8 Å². The molecule has 5 heteroatoms. The second-order valence-corrected chi connectivity index (χ2v) is 6.11. The second kappa shape index (κ2) is 6.86. The van der Waals surface area contributed by atoms with Crippen LogP contribution in [0, 0.1) is 6.92 Å². The molecule has 2 rings (SSSR count). The van der Waals surface area contributed by atoms with Crippen molar-refractivity contribution in [2.45, 2.75) is 46.6 Å². The van der Waals surface area contributed by atoms with Gasteiger partial charge in [0.25, 0.3) is 0 Å². The molecular formula is C18H24N2O3. The van der Waals surface area contributed by atoms with E-state index >= 15 is 0 Å². The zero-order chi connectivity index (χ0) is 17.0. The number of carbonyl (C=O) groups is 1. The molecule has 5 nitrogen and oxygen atoms in total. The number of nitrogens with zero attached hydrogens (tertiary/aromatic N) is 1. The molecule has 124 valence electrons. The van der Waals surface area contributed by atoms with Crippen LogP contribution in [0.3, 0.4) is 0 Å². The largest absolute Gasteiger partial charge is 0.490 e. The maximum Gasteiger partial charge on any atom is 0.239 e. The summed E-state index contributed by atoms with van der Waals surface area (Å²) in [6.45, 7) is 10.1. The van der Waals surface area contributed by atoms with Crippen LogP contribution in [-0.4, -0.2) is 24.3 Å². The first-order chi connectivity index (χ1) is 10.8. The van der Waals surface area contributed by atoms with Crippen LogP contribution >= 0.6 is 0 Å². The average Bonchev–Trinajstić information content (AvgIpc) is 2.48. The lowest BCUT2D eigenvalue weighted by Gasteiger charge is -2.29. The number of Topliss-reactive ketones (excluding diaryl/α,β-unsaturated/α-hetero) is 1. The van der Waals surface area contributed by atoms with Crippen molar-refractivity contribution in [1.82, 2.24) is 5.32 Å². The van der Waals surface area contributed by atoms with E-state index in [0.717, 1.165) is 12.0 Å². The van der Waals surface area contributed by atoms with Crippen molar-refractivity contribution in [2.24, 2.45) is 4.99 Å². The summed E-state index contributed by atoms with van der Waals surface area (Å²) in [4.78, 5) is 16.0. The molecule has 1 aromatic rings. The Morgan fingerprint density at radius 3 is 2.74 bits per heavy atom. The molecule has 1 aromatic carbocycles. The molecule has 0 bridgehead atoms. The lowest BCUT2D eigenvalue weighted by molar-refractivity contribution is 0.101. The maximum atomic E-state index is 11.6. The summed E-state index contributed by atoms with van der Waals surface area (Å²) in [5, 5.41) is 3.01. The Bertz CT molecular complexity index is 660. The highest BCUT2D eigenvalue weighted by Gasteiger charge is 2.32.